The Morgan fingerprint density at radius 2 is 2.04 bits per heavy atom. The van der Waals surface area contributed by atoms with E-state index >= 15 is 0 Å². The maximum atomic E-state index is 5.28. The third-order valence-electron chi connectivity index (χ3n) is 3.67. The first-order valence-corrected chi connectivity index (χ1v) is 9.28. The van der Waals surface area contributed by atoms with E-state index in [1.54, 1.807) is 29.8 Å². The fourth-order valence-electron chi connectivity index (χ4n) is 2.38. The Morgan fingerprint density at radius 1 is 1.17 bits per heavy atom. The molecule has 120 valence electrons. The number of hydrogen-bond donors (Lipinski definition) is 0. The van der Waals surface area contributed by atoms with Crippen LogP contribution in [-0.4, -0.2) is 18.3 Å². The van der Waals surface area contributed by atoms with Crippen molar-refractivity contribution in [3.8, 4) is 10.6 Å². The second-order valence-electron chi connectivity index (χ2n) is 5.43. The fraction of sp³-hybridized carbons (Fsp3) is 0.278. The summed E-state index contributed by atoms with van der Waals surface area (Å²) in [5.74, 6) is 0. The number of rotatable bonds is 5. The van der Waals surface area contributed by atoms with E-state index in [4.69, 9.17) is 9.73 Å². The molecule has 0 saturated heterocycles. The van der Waals surface area contributed by atoms with E-state index in [2.05, 4.69) is 59.5 Å². The van der Waals surface area contributed by atoms with Crippen LogP contribution in [0.2, 0.25) is 0 Å². The lowest BCUT2D eigenvalue weighted by atomic mass is 10.1. The van der Waals surface area contributed by atoms with E-state index in [0.717, 1.165) is 17.0 Å². The summed E-state index contributed by atoms with van der Waals surface area (Å²) in [6.07, 6.45) is 0. The van der Waals surface area contributed by atoms with Crippen molar-refractivity contribution in [2.24, 2.45) is 4.99 Å². The van der Waals surface area contributed by atoms with Gasteiger partial charge in [0.2, 0.25) is 0 Å². The smallest absolute Gasteiger partial charge is 0.190 e. The van der Waals surface area contributed by atoms with Gasteiger partial charge in [-0.1, -0.05) is 18.2 Å². The molecule has 1 aromatic carbocycles. The van der Waals surface area contributed by atoms with Crippen molar-refractivity contribution in [1.29, 1.82) is 0 Å². The van der Waals surface area contributed by atoms with Gasteiger partial charge in [-0.25, -0.2) is 4.99 Å². The zero-order chi connectivity index (χ0) is 16.2. The number of thiazole rings is 1. The maximum absolute atomic E-state index is 5.28. The van der Waals surface area contributed by atoms with Crippen LogP contribution in [0.25, 0.3) is 10.6 Å². The highest BCUT2D eigenvalue weighted by Gasteiger charge is 2.09. The van der Waals surface area contributed by atoms with E-state index in [-0.39, 0.29) is 0 Å². The topological polar surface area (TPSA) is 26.5 Å². The van der Waals surface area contributed by atoms with Gasteiger partial charge in [0, 0.05) is 19.0 Å². The lowest BCUT2D eigenvalue weighted by Crippen LogP contribution is -2.18. The minimum Gasteiger partial charge on any atom is -0.383 e. The number of hydrogen-bond acceptors (Lipinski definition) is 4. The van der Waals surface area contributed by atoms with Crippen LogP contribution >= 0.6 is 22.7 Å². The van der Waals surface area contributed by atoms with Crippen molar-refractivity contribution < 1.29 is 4.74 Å². The molecule has 23 heavy (non-hydrogen) atoms. The Balaban J connectivity index is 2.11. The average Bonchev–Trinajstić information content (AvgIpc) is 3.18. The zero-order valence-corrected chi connectivity index (χ0v) is 15.2. The van der Waals surface area contributed by atoms with Gasteiger partial charge >= 0.3 is 0 Å². The Labute approximate surface area is 144 Å². The molecule has 2 aromatic heterocycles. The Hall–Kier alpha value is -1.69. The molecule has 3 nitrogen and oxygen atoms in total. The predicted octanol–water partition coefficient (Wildman–Crippen LogP) is 4.77. The second-order valence-corrected chi connectivity index (χ2v) is 7.21. The molecule has 0 aliphatic rings. The van der Waals surface area contributed by atoms with E-state index in [1.165, 1.54) is 21.7 Å². The standard InChI is InChI=1S/C18H20N2OS2/c1-13-6-7-14(2)15(11-13)19-18-20(8-9-21-3)16(12-23-18)17-5-4-10-22-17/h4-7,10-12H,8-9H2,1-3H3. The van der Waals surface area contributed by atoms with Crippen molar-refractivity contribution in [2.75, 3.05) is 13.7 Å². The monoisotopic (exact) mass is 344 g/mol. The van der Waals surface area contributed by atoms with Gasteiger partial charge in [-0.2, -0.15) is 0 Å². The van der Waals surface area contributed by atoms with Crippen LogP contribution in [0.3, 0.4) is 0 Å². The highest BCUT2D eigenvalue weighted by molar-refractivity contribution is 7.14. The van der Waals surface area contributed by atoms with Crippen LogP contribution in [0.15, 0.2) is 46.1 Å². The first-order valence-electron chi connectivity index (χ1n) is 7.52. The molecule has 0 radical (unpaired) electrons. The third kappa shape index (κ3) is 3.63. The van der Waals surface area contributed by atoms with Crippen LogP contribution in [0.1, 0.15) is 11.1 Å². The summed E-state index contributed by atoms with van der Waals surface area (Å²) in [4.78, 5) is 7.19. The van der Waals surface area contributed by atoms with E-state index in [0.29, 0.717) is 6.61 Å². The number of benzene rings is 1. The quantitative estimate of drug-likeness (QED) is 0.654. The van der Waals surface area contributed by atoms with Gasteiger partial charge in [0.25, 0.3) is 0 Å². The van der Waals surface area contributed by atoms with Gasteiger partial charge in [0.15, 0.2) is 4.80 Å². The molecule has 2 heterocycles. The van der Waals surface area contributed by atoms with Crippen molar-refractivity contribution >= 4 is 28.4 Å². The second kappa shape index (κ2) is 7.25. The Kier molecular flexibility index (Phi) is 5.10. The first kappa shape index (κ1) is 16.2. The molecular formula is C18H20N2OS2. The summed E-state index contributed by atoms with van der Waals surface area (Å²) in [6, 6.07) is 10.6. The molecule has 5 heteroatoms. The SMILES string of the molecule is COCCn1c(-c2cccs2)csc1=Nc1cc(C)ccc1C. The Morgan fingerprint density at radius 3 is 2.78 bits per heavy atom. The van der Waals surface area contributed by atoms with Crippen molar-refractivity contribution in [1.82, 2.24) is 4.57 Å². The van der Waals surface area contributed by atoms with Gasteiger partial charge in [0.1, 0.15) is 0 Å². The van der Waals surface area contributed by atoms with E-state index < -0.39 is 0 Å². The summed E-state index contributed by atoms with van der Waals surface area (Å²) in [6.45, 7) is 5.68. The molecule has 0 unspecified atom stereocenters. The van der Waals surface area contributed by atoms with Crippen LogP contribution in [-0.2, 0) is 11.3 Å². The van der Waals surface area contributed by atoms with Gasteiger partial charge in [-0.05, 0) is 42.5 Å². The summed E-state index contributed by atoms with van der Waals surface area (Å²) in [5, 5.41) is 4.29. The van der Waals surface area contributed by atoms with E-state index in [1.807, 2.05) is 0 Å². The average molecular weight is 345 g/mol. The maximum Gasteiger partial charge on any atom is 0.190 e. The van der Waals surface area contributed by atoms with Crippen LogP contribution in [0.5, 0.6) is 0 Å². The lowest BCUT2D eigenvalue weighted by Gasteiger charge is -2.07. The lowest BCUT2D eigenvalue weighted by molar-refractivity contribution is 0.187. The number of aryl methyl sites for hydroxylation is 2. The van der Waals surface area contributed by atoms with Crippen molar-refractivity contribution in [3.63, 3.8) is 0 Å². The largest absolute Gasteiger partial charge is 0.383 e. The number of ether oxygens (including phenoxy) is 1. The molecule has 0 spiro atoms. The first-order chi connectivity index (χ1) is 11.2. The van der Waals surface area contributed by atoms with Gasteiger partial charge in [-0.15, -0.1) is 22.7 Å². The fourth-order valence-corrected chi connectivity index (χ4v) is 4.15. The molecule has 0 aliphatic heterocycles. The van der Waals surface area contributed by atoms with Crippen molar-refractivity contribution in [3.05, 3.63) is 57.0 Å². The van der Waals surface area contributed by atoms with Gasteiger partial charge in [-0.3, -0.25) is 0 Å². The minimum absolute atomic E-state index is 0.676. The summed E-state index contributed by atoms with van der Waals surface area (Å²) < 4.78 is 7.53. The summed E-state index contributed by atoms with van der Waals surface area (Å²) in [5.41, 5.74) is 4.68. The van der Waals surface area contributed by atoms with Crippen molar-refractivity contribution in [2.45, 2.75) is 20.4 Å². The molecule has 0 aliphatic carbocycles. The predicted molar refractivity (Wildman–Crippen MR) is 98.6 cm³/mol. The van der Waals surface area contributed by atoms with E-state index in [9.17, 15) is 0 Å². The third-order valence-corrected chi connectivity index (χ3v) is 5.43. The molecular weight excluding hydrogens is 324 g/mol. The Bertz CT molecular complexity index is 844. The zero-order valence-electron chi connectivity index (χ0n) is 13.6. The summed E-state index contributed by atoms with van der Waals surface area (Å²) >= 11 is 3.43. The number of nitrogens with zero attached hydrogens (tertiary/aromatic N) is 2. The molecule has 0 amide bonds. The normalized spacial score (nSPS) is 12.0. The molecule has 0 atom stereocenters. The highest BCUT2D eigenvalue weighted by Crippen LogP contribution is 2.26. The van der Waals surface area contributed by atoms with Crippen LogP contribution in [0.4, 0.5) is 5.69 Å². The highest BCUT2D eigenvalue weighted by atomic mass is 32.1. The van der Waals surface area contributed by atoms with Crippen LogP contribution < -0.4 is 4.80 Å². The van der Waals surface area contributed by atoms with Gasteiger partial charge in [0.05, 0.1) is 22.9 Å². The van der Waals surface area contributed by atoms with Gasteiger partial charge < -0.3 is 9.30 Å². The minimum atomic E-state index is 0.676. The van der Waals surface area contributed by atoms with Crippen LogP contribution in [0, 0.1) is 13.8 Å². The molecule has 0 saturated carbocycles. The summed E-state index contributed by atoms with van der Waals surface area (Å²) in [7, 11) is 1.74. The molecule has 0 bridgehead atoms. The molecule has 0 N–H and O–H groups in total. The number of methoxy groups -OCH3 is 1. The molecule has 3 rings (SSSR count). The number of thiophene rings is 1. The molecule has 3 aromatic rings. The number of aromatic nitrogens is 1. The molecule has 0 fully saturated rings.